The van der Waals surface area contributed by atoms with E-state index in [0.29, 0.717) is 11.1 Å². The molecule has 3 aromatic rings. The quantitative estimate of drug-likeness (QED) is 0.223. The lowest BCUT2D eigenvalue weighted by molar-refractivity contribution is 0.0422. The molecule has 48 heavy (non-hydrogen) atoms. The summed E-state index contributed by atoms with van der Waals surface area (Å²) < 4.78 is 39.7. The molecule has 0 bridgehead atoms. The zero-order chi connectivity index (χ0) is 35.6. The largest absolute Gasteiger partial charge is 0.444 e. The first-order valence-corrected chi connectivity index (χ1v) is 15.4. The maximum Gasteiger partial charge on any atom is 0.408 e. The van der Waals surface area contributed by atoms with Crippen molar-refractivity contribution in [2.24, 2.45) is 0 Å². The molecular weight excluding hydrogens is 624 g/mol. The molecule has 0 radical (unpaired) electrons. The van der Waals surface area contributed by atoms with E-state index in [2.05, 4.69) is 10.6 Å². The van der Waals surface area contributed by atoms with Crippen molar-refractivity contribution < 1.29 is 42.5 Å². The molecule has 3 N–H and O–H groups in total. The van der Waals surface area contributed by atoms with E-state index < -0.39 is 66.2 Å². The SMILES string of the molecule is CC(C)(C)OC(=O)N[C@H](CN1C(=O)c2ccccc2C1=O)[C@H](F)c1ccccc1.CC(C)(C)OC(=O)N[C@H](CO)[C@H](F)c1ccccc1. The Balaban J connectivity index is 0.000000286. The number of hydrogen-bond acceptors (Lipinski definition) is 7. The van der Waals surface area contributed by atoms with Gasteiger partial charge in [-0.1, -0.05) is 72.8 Å². The number of amides is 4. The van der Waals surface area contributed by atoms with Crippen molar-refractivity contribution in [2.75, 3.05) is 13.2 Å². The number of nitrogens with one attached hydrogen (secondary N) is 2. The number of halogens is 2. The standard InChI is InChI=1S/C22H23FN2O4.C14H20FNO3/c1-22(2,3)29-21(28)24-17(18(23)14-9-5-4-6-10-14)13-25-19(26)15-11-7-8-12-16(15)20(25)27;1-14(2,3)19-13(18)16-11(9-17)12(15)10-7-5-4-6-8-10/h4-12,17-18H,13H2,1-3H3,(H,24,28);4-8,11-12,17H,9H2,1-3H3,(H,16,18)/t17-,18-;11-,12-/m11/s1. The van der Waals surface area contributed by atoms with Crippen molar-refractivity contribution in [3.8, 4) is 0 Å². The number of fused-ring (bicyclic) bond motifs is 1. The van der Waals surface area contributed by atoms with Gasteiger partial charge in [-0.2, -0.15) is 0 Å². The predicted octanol–water partition coefficient (Wildman–Crippen LogP) is 6.47. The highest BCUT2D eigenvalue weighted by Crippen LogP contribution is 2.27. The number of carbonyl (C=O) groups excluding carboxylic acids is 4. The normalized spacial score (nSPS) is 15.2. The minimum atomic E-state index is -1.65. The molecule has 1 aliphatic rings. The van der Waals surface area contributed by atoms with Crippen LogP contribution >= 0.6 is 0 Å². The second-order valence-corrected chi connectivity index (χ2v) is 13.1. The number of benzene rings is 3. The van der Waals surface area contributed by atoms with Crippen LogP contribution in [-0.4, -0.2) is 70.4 Å². The van der Waals surface area contributed by atoms with Crippen LogP contribution in [0.5, 0.6) is 0 Å². The maximum atomic E-state index is 15.3. The number of alkyl carbamates (subject to hydrolysis) is 2. The first kappa shape index (κ1) is 37.6. The third-order valence-electron chi connectivity index (χ3n) is 6.80. The van der Waals surface area contributed by atoms with Gasteiger partial charge in [-0.25, -0.2) is 18.4 Å². The van der Waals surface area contributed by atoms with Gasteiger partial charge in [-0.05, 0) is 64.8 Å². The van der Waals surface area contributed by atoms with E-state index in [-0.39, 0.29) is 17.7 Å². The molecule has 0 saturated carbocycles. The molecule has 4 amide bonds. The van der Waals surface area contributed by atoms with E-state index >= 15 is 4.39 Å². The van der Waals surface area contributed by atoms with Gasteiger partial charge in [-0.15, -0.1) is 0 Å². The van der Waals surface area contributed by atoms with Crippen molar-refractivity contribution >= 4 is 24.0 Å². The molecule has 258 valence electrons. The molecule has 4 atom stereocenters. The number of ether oxygens (including phenoxy) is 2. The van der Waals surface area contributed by atoms with Crippen molar-refractivity contribution in [3.63, 3.8) is 0 Å². The lowest BCUT2D eigenvalue weighted by Gasteiger charge is -2.28. The molecule has 0 unspecified atom stereocenters. The molecule has 3 aromatic carbocycles. The van der Waals surface area contributed by atoms with E-state index in [4.69, 9.17) is 9.47 Å². The van der Waals surface area contributed by atoms with Crippen LogP contribution in [0.4, 0.5) is 18.4 Å². The number of alkyl halides is 2. The Hall–Kier alpha value is -4.84. The van der Waals surface area contributed by atoms with Crippen LogP contribution in [0.25, 0.3) is 0 Å². The van der Waals surface area contributed by atoms with Crippen molar-refractivity contribution in [1.82, 2.24) is 15.5 Å². The first-order valence-electron chi connectivity index (χ1n) is 15.4. The fourth-order valence-corrected chi connectivity index (χ4v) is 4.68. The maximum absolute atomic E-state index is 15.3. The second kappa shape index (κ2) is 16.3. The fraction of sp³-hybridized carbons (Fsp3) is 0.389. The summed E-state index contributed by atoms with van der Waals surface area (Å²) in [4.78, 5) is 50.1. The molecule has 1 aliphatic heterocycles. The summed E-state index contributed by atoms with van der Waals surface area (Å²) in [6.07, 6.45) is -4.70. The predicted molar refractivity (Wildman–Crippen MR) is 176 cm³/mol. The van der Waals surface area contributed by atoms with E-state index in [9.17, 15) is 28.7 Å². The summed E-state index contributed by atoms with van der Waals surface area (Å²) in [5.41, 5.74) is -0.180. The van der Waals surface area contributed by atoms with Gasteiger partial charge in [0.1, 0.15) is 23.5 Å². The van der Waals surface area contributed by atoms with Gasteiger partial charge in [0.2, 0.25) is 0 Å². The van der Waals surface area contributed by atoms with E-state index in [1.807, 2.05) is 0 Å². The van der Waals surface area contributed by atoms with E-state index in [0.717, 1.165) is 4.90 Å². The Kier molecular flexibility index (Phi) is 12.8. The molecule has 1 heterocycles. The van der Waals surface area contributed by atoms with Crippen LogP contribution < -0.4 is 10.6 Å². The zero-order valence-electron chi connectivity index (χ0n) is 27.9. The fourth-order valence-electron chi connectivity index (χ4n) is 4.68. The van der Waals surface area contributed by atoms with Crippen LogP contribution in [0.2, 0.25) is 0 Å². The number of carbonyl (C=O) groups is 4. The smallest absolute Gasteiger partial charge is 0.408 e. The first-order chi connectivity index (χ1) is 22.5. The van der Waals surface area contributed by atoms with Gasteiger partial charge in [0.05, 0.1) is 36.4 Å². The van der Waals surface area contributed by atoms with Gasteiger partial charge in [0, 0.05) is 0 Å². The topological polar surface area (TPSA) is 134 Å². The average molecular weight is 668 g/mol. The third-order valence-corrected chi connectivity index (χ3v) is 6.80. The highest BCUT2D eigenvalue weighted by molar-refractivity contribution is 6.21. The van der Waals surface area contributed by atoms with Gasteiger partial charge in [-0.3, -0.25) is 14.5 Å². The monoisotopic (exact) mass is 667 g/mol. The number of aliphatic hydroxyl groups excluding tert-OH is 1. The lowest BCUT2D eigenvalue weighted by atomic mass is 10.0. The number of nitrogens with zero attached hydrogens (tertiary/aromatic N) is 1. The van der Waals surface area contributed by atoms with Gasteiger partial charge < -0.3 is 25.2 Å². The van der Waals surface area contributed by atoms with Crippen molar-refractivity contribution in [1.29, 1.82) is 0 Å². The van der Waals surface area contributed by atoms with Crippen LogP contribution in [0, 0.1) is 0 Å². The summed E-state index contributed by atoms with van der Waals surface area (Å²) in [5.74, 6) is -1.02. The highest BCUT2D eigenvalue weighted by Gasteiger charge is 2.39. The summed E-state index contributed by atoms with van der Waals surface area (Å²) in [6, 6.07) is 20.8. The Labute approximate surface area is 279 Å². The Morgan fingerprint density at radius 2 is 1.02 bits per heavy atom. The molecule has 4 rings (SSSR count). The summed E-state index contributed by atoms with van der Waals surface area (Å²) in [7, 11) is 0. The number of imide groups is 1. The summed E-state index contributed by atoms with van der Waals surface area (Å²) in [6.45, 7) is 9.39. The highest BCUT2D eigenvalue weighted by atomic mass is 19.1. The van der Waals surface area contributed by atoms with Crippen molar-refractivity contribution in [3.05, 3.63) is 107 Å². The molecule has 10 nitrogen and oxygen atoms in total. The zero-order valence-corrected chi connectivity index (χ0v) is 27.9. The third kappa shape index (κ3) is 10.9. The summed E-state index contributed by atoms with van der Waals surface area (Å²) >= 11 is 0. The van der Waals surface area contributed by atoms with E-state index in [1.54, 1.807) is 126 Å². The number of rotatable bonds is 9. The second-order valence-electron chi connectivity index (χ2n) is 13.1. The Bertz CT molecular complexity index is 1510. The van der Waals surface area contributed by atoms with Crippen LogP contribution in [0.15, 0.2) is 84.9 Å². The number of aliphatic hydroxyl groups is 1. The minimum Gasteiger partial charge on any atom is -0.444 e. The summed E-state index contributed by atoms with van der Waals surface area (Å²) in [5, 5.41) is 14.0. The van der Waals surface area contributed by atoms with Gasteiger partial charge in [0.25, 0.3) is 11.8 Å². The van der Waals surface area contributed by atoms with E-state index in [1.165, 1.54) is 0 Å². The molecule has 0 aliphatic carbocycles. The molecule has 0 aromatic heterocycles. The Morgan fingerprint density at radius 1 is 0.667 bits per heavy atom. The molecule has 0 spiro atoms. The van der Waals surface area contributed by atoms with Crippen molar-refractivity contribution in [2.45, 2.75) is 77.2 Å². The molecular formula is C36H43F2N3O7. The van der Waals surface area contributed by atoms with Gasteiger partial charge in [0.15, 0.2) is 0 Å². The molecule has 12 heteroatoms. The van der Waals surface area contributed by atoms with Gasteiger partial charge >= 0.3 is 12.2 Å². The van der Waals surface area contributed by atoms with Crippen LogP contribution in [0.1, 0.15) is 85.7 Å². The van der Waals surface area contributed by atoms with Crippen LogP contribution in [-0.2, 0) is 9.47 Å². The molecule has 0 saturated heterocycles. The van der Waals surface area contributed by atoms with Crippen LogP contribution in [0.3, 0.4) is 0 Å². The Morgan fingerprint density at radius 3 is 1.40 bits per heavy atom. The minimum absolute atomic E-state index is 0.267. The molecule has 0 fully saturated rings. The number of hydrogen-bond donors (Lipinski definition) is 3. The lowest BCUT2D eigenvalue weighted by Crippen LogP contribution is -2.49. The average Bonchev–Trinajstić information content (AvgIpc) is 3.27.